The number of hydrogen-bond acceptors (Lipinski definition) is 4. The Morgan fingerprint density at radius 1 is 1.15 bits per heavy atom. The van der Waals surface area contributed by atoms with E-state index in [2.05, 4.69) is 19.9 Å². The molecular weight excluding hydrogens is 340 g/mol. The van der Waals surface area contributed by atoms with E-state index in [9.17, 15) is 9.59 Å². The van der Waals surface area contributed by atoms with Crippen molar-refractivity contribution in [2.45, 2.75) is 90.4 Å². The van der Waals surface area contributed by atoms with Crippen LogP contribution >= 0.6 is 0 Å². The first-order valence-electron chi connectivity index (χ1n) is 10.8. The van der Waals surface area contributed by atoms with Gasteiger partial charge >= 0.3 is 5.97 Å². The summed E-state index contributed by atoms with van der Waals surface area (Å²) in [7, 11) is 0. The zero-order valence-electron chi connectivity index (χ0n) is 17.0. The van der Waals surface area contributed by atoms with E-state index in [0.29, 0.717) is 23.9 Å². The monoisotopic (exact) mass is 372 g/mol. The second-order valence-corrected chi connectivity index (χ2v) is 10.4. The lowest BCUT2D eigenvalue weighted by Gasteiger charge is -2.59. The number of esters is 1. The number of hydrogen-bond donors (Lipinski definition) is 0. The van der Waals surface area contributed by atoms with Crippen LogP contribution in [0.1, 0.15) is 72.6 Å². The molecule has 27 heavy (non-hydrogen) atoms. The van der Waals surface area contributed by atoms with Crippen molar-refractivity contribution in [1.29, 1.82) is 0 Å². The molecule has 0 radical (unpaired) electrons. The average molecular weight is 373 g/mol. The summed E-state index contributed by atoms with van der Waals surface area (Å²) < 4.78 is 12.0. The lowest BCUT2D eigenvalue weighted by atomic mass is 9.44. The predicted molar refractivity (Wildman–Crippen MR) is 101 cm³/mol. The Morgan fingerprint density at radius 3 is 2.63 bits per heavy atom. The summed E-state index contributed by atoms with van der Waals surface area (Å²) in [4.78, 5) is 23.7. The van der Waals surface area contributed by atoms with Crippen molar-refractivity contribution in [2.75, 3.05) is 0 Å². The molecule has 1 spiro atoms. The maximum absolute atomic E-state index is 12.2. The molecule has 1 unspecified atom stereocenters. The lowest BCUT2D eigenvalue weighted by molar-refractivity contribution is -0.156. The second kappa shape index (κ2) is 5.46. The average Bonchev–Trinajstić information content (AvgIpc) is 3.15. The van der Waals surface area contributed by atoms with Crippen molar-refractivity contribution in [3.8, 4) is 0 Å². The van der Waals surface area contributed by atoms with E-state index in [-0.39, 0.29) is 34.3 Å². The Labute approximate surface area is 162 Å². The molecule has 4 fully saturated rings. The van der Waals surface area contributed by atoms with Crippen LogP contribution in [0.2, 0.25) is 0 Å². The first kappa shape index (κ1) is 17.9. The largest absolute Gasteiger partial charge is 0.462 e. The topological polar surface area (TPSA) is 55.9 Å². The van der Waals surface area contributed by atoms with Gasteiger partial charge < -0.3 is 9.47 Å². The van der Waals surface area contributed by atoms with Gasteiger partial charge in [0.1, 0.15) is 11.7 Å². The number of carbonyl (C=O) groups is 2. The molecule has 3 saturated carbocycles. The van der Waals surface area contributed by atoms with Crippen molar-refractivity contribution < 1.29 is 19.1 Å². The number of Topliss-reactive ketones (excluding diaryl/α,β-unsaturated/α-hetero) is 1. The van der Waals surface area contributed by atoms with E-state index in [1.165, 1.54) is 13.3 Å². The smallest absolute Gasteiger partial charge is 0.302 e. The number of allylic oxidation sites excluding steroid dienone is 2. The van der Waals surface area contributed by atoms with E-state index < -0.39 is 0 Å². The molecule has 0 aromatic carbocycles. The molecule has 8 atom stereocenters. The maximum atomic E-state index is 12.2. The Morgan fingerprint density at radius 2 is 1.93 bits per heavy atom. The molecule has 5 aliphatic rings. The number of epoxide rings is 1. The van der Waals surface area contributed by atoms with Crippen LogP contribution < -0.4 is 0 Å². The van der Waals surface area contributed by atoms with Crippen molar-refractivity contribution in [1.82, 2.24) is 0 Å². The summed E-state index contributed by atoms with van der Waals surface area (Å²) in [5, 5.41) is 0. The zero-order valence-corrected chi connectivity index (χ0v) is 17.0. The highest BCUT2D eigenvalue weighted by Crippen LogP contribution is 2.73. The molecule has 1 aliphatic heterocycles. The first-order chi connectivity index (χ1) is 12.7. The second-order valence-electron chi connectivity index (χ2n) is 10.4. The van der Waals surface area contributed by atoms with Crippen LogP contribution in [0, 0.1) is 28.6 Å². The SMILES string of the molecule is CC(=O)OC1CC[C@]2(C)[C@H]3CC[C@]4(C)C(C(C)=O)=CC[C@H]4[C@@H]3C[C@@H]3O[C@@]32C1. The molecule has 0 aromatic heterocycles. The van der Waals surface area contributed by atoms with Crippen molar-refractivity contribution in [3.63, 3.8) is 0 Å². The zero-order chi connectivity index (χ0) is 19.2. The summed E-state index contributed by atoms with van der Waals surface area (Å²) in [6.07, 6.45) is 9.96. The fraction of sp³-hybridized carbons (Fsp3) is 0.826. The van der Waals surface area contributed by atoms with Crippen LogP contribution in [0.25, 0.3) is 0 Å². The van der Waals surface area contributed by atoms with Gasteiger partial charge in [0.25, 0.3) is 0 Å². The van der Waals surface area contributed by atoms with Crippen LogP contribution in [0.15, 0.2) is 11.6 Å². The quantitative estimate of drug-likeness (QED) is 0.538. The van der Waals surface area contributed by atoms with Gasteiger partial charge in [-0.05, 0) is 74.2 Å². The summed E-state index contributed by atoms with van der Waals surface area (Å²) in [5.41, 5.74) is 1.25. The third kappa shape index (κ3) is 2.19. The van der Waals surface area contributed by atoms with Gasteiger partial charge in [0, 0.05) is 18.8 Å². The molecule has 0 bridgehead atoms. The predicted octanol–water partition coefficient (Wildman–Crippen LogP) is 4.22. The number of ketones is 1. The minimum atomic E-state index is -0.173. The van der Waals surface area contributed by atoms with Crippen LogP contribution in [-0.2, 0) is 19.1 Å². The summed E-state index contributed by atoms with van der Waals surface area (Å²) in [6, 6.07) is 0. The van der Waals surface area contributed by atoms with E-state index in [1.807, 2.05) is 0 Å². The van der Waals surface area contributed by atoms with E-state index in [1.54, 1.807) is 6.92 Å². The van der Waals surface area contributed by atoms with Gasteiger partial charge in [-0.15, -0.1) is 0 Å². The Hall–Kier alpha value is -1.16. The summed E-state index contributed by atoms with van der Waals surface area (Å²) in [5.74, 6) is 1.98. The van der Waals surface area contributed by atoms with Gasteiger partial charge in [-0.25, -0.2) is 0 Å². The van der Waals surface area contributed by atoms with Gasteiger partial charge in [0.05, 0.1) is 6.10 Å². The minimum Gasteiger partial charge on any atom is -0.462 e. The fourth-order valence-corrected chi connectivity index (χ4v) is 8.09. The maximum Gasteiger partial charge on any atom is 0.302 e. The molecule has 1 saturated heterocycles. The Balaban J connectivity index is 1.43. The third-order valence-corrected chi connectivity index (χ3v) is 9.33. The van der Waals surface area contributed by atoms with Crippen LogP contribution in [-0.4, -0.2) is 29.6 Å². The van der Waals surface area contributed by atoms with Crippen LogP contribution in [0.5, 0.6) is 0 Å². The molecule has 4 aliphatic carbocycles. The molecule has 4 nitrogen and oxygen atoms in total. The molecule has 148 valence electrons. The molecule has 1 heterocycles. The molecule has 4 heteroatoms. The number of fused-ring (bicyclic) bond motifs is 4. The minimum absolute atomic E-state index is 0.0171. The highest BCUT2D eigenvalue weighted by molar-refractivity contribution is 5.95. The van der Waals surface area contributed by atoms with Crippen LogP contribution in [0.4, 0.5) is 0 Å². The summed E-state index contributed by atoms with van der Waals surface area (Å²) >= 11 is 0. The van der Waals surface area contributed by atoms with Crippen molar-refractivity contribution in [3.05, 3.63) is 11.6 Å². The van der Waals surface area contributed by atoms with Gasteiger partial charge in [0.15, 0.2) is 5.78 Å². The normalized spacial score (nSPS) is 52.6. The van der Waals surface area contributed by atoms with Crippen molar-refractivity contribution >= 4 is 11.8 Å². The van der Waals surface area contributed by atoms with Gasteiger partial charge in [-0.1, -0.05) is 19.9 Å². The van der Waals surface area contributed by atoms with Crippen LogP contribution in [0.3, 0.4) is 0 Å². The highest BCUT2D eigenvalue weighted by Gasteiger charge is 2.76. The lowest BCUT2D eigenvalue weighted by Crippen LogP contribution is -2.58. The van der Waals surface area contributed by atoms with Gasteiger partial charge in [-0.2, -0.15) is 0 Å². The summed E-state index contributed by atoms with van der Waals surface area (Å²) in [6.45, 7) is 8.03. The van der Waals surface area contributed by atoms with E-state index in [0.717, 1.165) is 44.1 Å². The molecule has 0 amide bonds. The van der Waals surface area contributed by atoms with E-state index in [4.69, 9.17) is 9.47 Å². The number of carbonyl (C=O) groups excluding carboxylic acids is 2. The molecular formula is C23H32O4. The Bertz CT molecular complexity index is 741. The molecule has 0 N–H and O–H groups in total. The fourth-order valence-electron chi connectivity index (χ4n) is 8.09. The van der Waals surface area contributed by atoms with Gasteiger partial charge in [0.2, 0.25) is 0 Å². The number of ether oxygens (including phenoxy) is 2. The molecule has 5 rings (SSSR count). The van der Waals surface area contributed by atoms with Crippen molar-refractivity contribution in [2.24, 2.45) is 28.6 Å². The molecule has 0 aromatic rings. The highest BCUT2D eigenvalue weighted by atomic mass is 16.6. The first-order valence-corrected chi connectivity index (χ1v) is 10.8. The van der Waals surface area contributed by atoms with Gasteiger partial charge in [-0.3, -0.25) is 9.59 Å². The Kier molecular flexibility index (Phi) is 3.62. The van der Waals surface area contributed by atoms with E-state index >= 15 is 0 Å². The standard InChI is InChI=1S/C23H32O4/c1-13(24)17-5-6-18-16-11-20-23(27-20)12-15(26-14(2)25)7-10-22(23,4)19(16)8-9-21(17,18)3/h5,15-16,18-20H,6-12H2,1-4H3/t15?,16-,18-,19-,20-,21+,22+,23-/m0/s1. The third-order valence-electron chi connectivity index (χ3n) is 9.33. The number of rotatable bonds is 2.